The summed E-state index contributed by atoms with van der Waals surface area (Å²) in [6.07, 6.45) is 9.25. The number of nitrogens with zero attached hydrogens (tertiary/aromatic N) is 4. The van der Waals surface area contributed by atoms with Crippen LogP contribution in [0.1, 0.15) is 31.2 Å². The summed E-state index contributed by atoms with van der Waals surface area (Å²) in [5.74, 6) is 0. The Bertz CT molecular complexity index is 593. The van der Waals surface area contributed by atoms with Gasteiger partial charge >= 0.3 is 0 Å². The molecule has 2 aromatic heterocycles. The maximum Gasteiger partial charge on any atom is 0.187 e. The lowest BCUT2D eigenvalue weighted by molar-refractivity contribution is -0.0396. The van der Waals surface area contributed by atoms with Crippen LogP contribution >= 0.6 is 11.8 Å². The largest absolute Gasteiger partial charge is 0.357 e. The Balaban J connectivity index is 1.91. The lowest BCUT2D eigenvalue weighted by Gasteiger charge is -2.22. The van der Waals surface area contributed by atoms with E-state index in [1.165, 1.54) is 6.42 Å². The molecule has 1 aliphatic heterocycles. The quantitative estimate of drug-likeness (QED) is 0.642. The van der Waals surface area contributed by atoms with Crippen LogP contribution in [0.15, 0.2) is 23.6 Å². The van der Waals surface area contributed by atoms with Crippen LogP contribution in [0.25, 0.3) is 11.3 Å². The van der Waals surface area contributed by atoms with Crippen LogP contribution in [0.2, 0.25) is 0 Å². The summed E-state index contributed by atoms with van der Waals surface area (Å²) in [5.41, 5.74) is 2.95. The first-order valence-corrected chi connectivity index (χ1v) is 8.05. The number of thioether (sulfide) groups is 1. The van der Waals surface area contributed by atoms with E-state index in [-0.39, 0.29) is 6.23 Å². The SMILES string of the molecule is CSc1nccc(-c2cn(C3CCCCO3)nc2C)n1. The monoisotopic (exact) mass is 290 g/mol. The van der Waals surface area contributed by atoms with Gasteiger partial charge in [0.2, 0.25) is 0 Å². The second kappa shape index (κ2) is 5.93. The fraction of sp³-hybridized carbons (Fsp3) is 0.500. The van der Waals surface area contributed by atoms with E-state index < -0.39 is 0 Å². The smallest absolute Gasteiger partial charge is 0.187 e. The summed E-state index contributed by atoms with van der Waals surface area (Å²) in [6.45, 7) is 2.83. The minimum Gasteiger partial charge on any atom is -0.357 e. The van der Waals surface area contributed by atoms with E-state index in [1.54, 1.807) is 18.0 Å². The van der Waals surface area contributed by atoms with Gasteiger partial charge in [-0.2, -0.15) is 5.10 Å². The van der Waals surface area contributed by atoms with E-state index >= 15 is 0 Å². The van der Waals surface area contributed by atoms with Crippen LogP contribution in [0.4, 0.5) is 0 Å². The molecule has 0 spiro atoms. The number of aryl methyl sites for hydroxylation is 1. The summed E-state index contributed by atoms with van der Waals surface area (Å²) in [7, 11) is 0. The van der Waals surface area contributed by atoms with Crippen LogP contribution in [-0.4, -0.2) is 32.6 Å². The van der Waals surface area contributed by atoms with Crippen LogP contribution in [0.3, 0.4) is 0 Å². The highest BCUT2D eigenvalue weighted by Gasteiger charge is 2.19. The molecule has 1 atom stereocenters. The van der Waals surface area contributed by atoms with Gasteiger partial charge in [-0.3, -0.25) is 0 Å². The summed E-state index contributed by atoms with van der Waals surface area (Å²) < 4.78 is 7.71. The Morgan fingerprint density at radius 2 is 2.30 bits per heavy atom. The lowest BCUT2D eigenvalue weighted by Crippen LogP contribution is -2.18. The van der Waals surface area contributed by atoms with Gasteiger partial charge in [0.05, 0.1) is 11.4 Å². The maximum absolute atomic E-state index is 5.78. The molecule has 2 aromatic rings. The summed E-state index contributed by atoms with van der Waals surface area (Å²) in [6, 6.07) is 1.93. The fourth-order valence-electron chi connectivity index (χ4n) is 2.40. The predicted molar refractivity (Wildman–Crippen MR) is 78.6 cm³/mol. The first-order valence-electron chi connectivity index (χ1n) is 6.82. The van der Waals surface area contributed by atoms with Crippen molar-refractivity contribution < 1.29 is 4.74 Å². The number of rotatable bonds is 3. The van der Waals surface area contributed by atoms with Crippen molar-refractivity contribution in [3.63, 3.8) is 0 Å². The van der Waals surface area contributed by atoms with Gasteiger partial charge in [-0.15, -0.1) is 0 Å². The van der Waals surface area contributed by atoms with Crippen molar-refractivity contribution in [2.75, 3.05) is 12.9 Å². The number of aromatic nitrogens is 4. The number of hydrogen-bond donors (Lipinski definition) is 0. The van der Waals surface area contributed by atoms with Crippen molar-refractivity contribution in [3.05, 3.63) is 24.2 Å². The fourth-order valence-corrected chi connectivity index (χ4v) is 2.76. The molecular weight excluding hydrogens is 272 g/mol. The minimum atomic E-state index is 0.0676. The zero-order valence-corrected chi connectivity index (χ0v) is 12.6. The second-order valence-corrected chi connectivity index (χ2v) is 5.63. The van der Waals surface area contributed by atoms with E-state index in [1.807, 2.05) is 30.1 Å². The van der Waals surface area contributed by atoms with Crippen LogP contribution < -0.4 is 0 Å². The molecule has 20 heavy (non-hydrogen) atoms. The summed E-state index contributed by atoms with van der Waals surface area (Å²) in [5, 5.41) is 5.37. The molecule has 5 nitrogen and oxygen atoms in total. The maximum atomic E-state index is 5.78. The molecule has 0 N–H and O–H groups in total. The zero-order valence-electron chi connectivity index (χ0n) is 11.7. The van der Waals surface area contributed by atoms with E-state index in [9.17, 15) is 0 Å². The lowest BCUT2D eigenvalue weighted by atomic mass is 10.2. The Labute approximate surface area is 122 Å². The first kappa shape index (κ1) is 13.6. The molecule has 1 saturated heterocycles. The van der Waals surface area contributed by atoms with E-state index in [4.69, 9.17) is 4.74 Å². The Hall–Kier alpha value is -1.40. The Morgan fingerprint density at radius 3 is 3.05 bits per heavy atom. The van der Waals surface area contributed by atoms with Gasteiger partial charge in [0.15, 0.2) is 5.16 Å². The number of hydrogen-bond acceptors (Lipinski definition) is 5. The summed E-state index contributed by atoms with van der Waals surface area (Å²) >= 11 is 1.54. The number of ether oxygens (including phenoxy) is 1. The molecule has 3 heterocycles. The molecule has 6 heteroatoms. The second-order valence-electron chi connectivity index (χ2n) is 4.86. The third-order valence-electron chi connectivity index (χ3n) is 3.46. The Morgan fingerprint density at radius 1 is 1.40 bits per heavy atom. The highest BCUT2D eigenvalue weighted by atomic mass is 32.2. The van der Waals surface area contributed by atoms with Gasteiger partial charge in [-0.25, -0.2) is 14.6 Å². The van der Waals surface area contributed by atoms with Gasteiger partial charge in [-0.05, 0) is 38.5 Å². The van der Waals surface area contributed by atoms with Crippen LogP contribution in [-0.2, 0) is 4.74 Å². The van der Waals surface area contributed by atoms with Gasteiger partial charge in [0.1, 0.15) is 6.23 Å². The van der Waals surface area contributed by atoms with Crippen molar-refractivity contribution in [2.24, 2.45) is 0 Å². The van der Waals surface area contributed by atoms with Gasteiger partial charge in [-0.1, -0.05) is 11.8 Å². The Kier molecular flexibility index (Phi) is 4.03. The molecule has 0 aromatic carbocycles. The average molecular weight is 290 g/mol. The normalized spacial score (nSPS) is 19.2. The molecule has 3 rings (SSSR count). The van der Waals surface area contributed by atoms with Crippen molar-refractivity contribution in [2.45, 2.75) is 37.6 Å². The van der Waals surface area contributed by atoms with Crippen molar-refractivity contribution in [1.82, 2.24) is 19.7 Å². The molecule has 0 amide bonds. The highest BCUT2D eigenvalue weighted by molar-refractivity contribution is 7.98. The van der Waals surface area contributed by atoms with E-state index in [0.29, 0.717) is 0 Å². The molecule has 1 aliphatic rings. The molecule has 0 radical (unpaired) electrons. The van der Waals surface area contributed by atoms with Crippen molar-refractivity contribution in [3.8, 4) is 11.3 Å². The zero-order chi connectivity index (χ0) is 13.9. The predicted octanol–water partition coefficient (Wildman–Crippen LogP) is 3.07. The minimum absolute atomic E-state index is 0.0676. The molecule has 0 bridgehead atoms. The van der Waals surface area contributed by atoms with E-state index in [0.717, 1.165) is 41.6 Å². The molecule has 0 saturated carbocycles. The molecule has 1 fully saturated rings. The molecular formula is C14H18N4OS. The average Bonchev–Trinajstić information content (AvgIpc) is 2.90. The van der Waals surface area contributed by atoms with Crippen LogP contribution in [0.5, 0.6) is 0 Å². The van der Waals surface area contributed by atoms with Crippen molar-refractivity contribution >= 4 is 11.8 Å². The third-order valence-corrected chi connectivity index (χ3v) is 4.02. The topological polar surface area (TPSA) is 52.8 Å². The summed E-state index contributed by atoms with van der Waals surface area (Å²) in [4.78, 5) is 8.75. The molecule has 106 valence electrons. The van der Waals surface area contributed by atoms with Crippen LogP contribution in [0, 0.1) is 6.92 Å². The van der Waals surface area contributed by atoms with Crippen molar-refractivity contribution in [1.29, 1.82) is 0 Å². The van der Waals surface area contributed by atoms with Gasteiger partial charge in [0.25, 0.3) is 0 Å². The van der Waals surface area contributed by atoms with Gasteiger partial charge in [0, 0.05) is 24.6 Å². The molecule has 1 unspecified atom stereocenters. The van der Waals surface area contributed by atoms with E-state index in [2.05, 4.69) is 15.1 Å². The first-order chi connectivity index (χ1) is 9.78. The van der Waals surface area contributed by atoms with Gasteiger partial charge < -0.3 is 4.74 Å². The third kappa shape index (κ3) is 2.71. The molecule has 0 aliphatic carbocycles. The highest BCUT2D eigenvalue weighted by Crippen LogP contribution is 2.27. The standard InChI is InChI=1S/C14H18N4OS/c1-10-11(12-6-7-15-14(16-12)20-2)9-18(17-10)13-5-3-4-8-19-13/h6-7,9,13H,3-5,8H2,1-2H3.